The van der Waals surface area contributed by atoms with Gasteiger partial charge < -0.3 is 4.74 Å². The summed E-state index contributed by atoms with van der Waals surface area (Å²) in [7, 11) is 0. The third kappa shape index (κ3) is 2.10. The number of nitrogens with zero attached hydrogens (tertiary/aromatic N) is 2. The van der Waals surface area contributed by atoms with Crippen LogP contribution in [0.25, 0.3) is 0 Å². The average molecular weight is 207 g/mol. The zero-order chi connectivity index (χ0) is 9.84. The molecule has 0 unspecified atom stereocenters. The first-order valence-electron chi connectivity index (χ1n) is 3.24. The van der Waals surface area contributed by atoms with E-state index in [0.29, 0.717) is 4.68 Å². The Balaban J connectivity index is 2.89. The highest BCUT2D eigenvalue weighted by atomic mass is 35.5. The van der Waals surface area contributed by atoms with Gasteiger partial charge in [-0.2, -0.15) is 18.6 Å². The minimum atomic E-state index is -2.79. The molecule has 13 heavy (non-hydrogen) atoms. The summed E-state index contributed by atoms with van der Waals surface area (Å²) >= 11 is 5.51. The van der Waals surface area contributed by atoms with E-state index in [0.717, 1.165) is 6.20 Å². The van der Waals surface area contributed by atoms with Crippen molar-refractivity contribution in [3.05, 3.63) is 11.2 Å². The molecule has 0 N–H and O–H groups in total. The number of hydrogen-bond donors (Lipinski definition) is 0. The molecular weight excluding hydrogens is 202 g/mol. The van der Waals surface area contributed by atoms with Crippen LogP contribution in [-0.4, -0.2) is 16.4 Å². The van der Waals surface area contributed by atoms with Crippen molar-refractivity contribution in [1.82, 2.24) is 9.78 Å². The predicted octanol–water partition coefficient (Wildman–Crippen LogP) is 1.94. The number of halogens is 3. The van der Waals surface area contributed by atoms with E-state index in [4.69, 9.17) is 22.8 Å². The number of alkyl halides is 2. The number of hydrogen-bond acceptors (Lipinski definition) is 2. The lowest BCUT2D eigenvalue weighted by Gasteiger charge is -2.05. The number of aromatic nitrogens is 2. The van der Waals surface area contributed by atoms with Crippen molar-refractivity contribution >= 4 is 11.6 Å². The van der Waals surface area contributed by atoms with Crippen LogP contribution >= 0.6 is 11.6 Å². The summed E-state index contributed by atoms with van der Waals surface area (Å²) in [6.07, 6.45) is 5.96. The highest BCUT2D eigenvalue weighted by molar-refractivity contribution is 6.31. The second-order valence-corrected chi connectivity index (χ2v) is 2.42. The molecule has 3 nitrogen and oxygen atoms in total. The maximum absolute atomic E-state index is 12.2. The first-order valence-corrected chi connectivity index (χ1v) is 3.62. The summed E-state index contributed by atoms with van der Waals surface area (Å²) in [6.45, 7) is -2.92. The van der Waals surface area contributed by atoms with Crippen LogP contribution in [0.1, 0.15) is 6.55 Å². The smallest absolute Gasteiger partial charge is 0.336 e. The van der Waals surface area contributed by atoms with Gasteiger partial charge >= 0.3 is 6.55 Å². The van der Waals surface area contributed by atoms with Crippen LogP contribution in [0, 0.1) is 12.3 Å². The van der Waals surface area contributed by atoms with E-state index in [2.05, 4.69) is 11.0 Å². The Morgan fingerprint density at radius 1 is 1.77 bits per heavy atom. The Labute approximate surface area is 78.2 Å². The minimum Gasteiger partial charge on any atom is -0.463 e. The van der Waals surface area contributed by atoms with Crippen LogP contribution in [0.15, 0.2) is 6.20 Å². The highest BCUT2D eigenvalue weighted by Gasteiger charge is 2.16. The largest absolute Gasteiger partial charge is 0.463 e. The molecule has 0 radical (unpaired) electrons. The van der Waals surface area contributed by atoms with E-state index in [1.807, 2.05) is 0 Å². The van der Waals surface area contributed by atoms with E-state index < -0.39 is 6.55 Å². The van der Waals surface area contributed by atoms with Gasteiger partial charge in [-0.25, -0.2) is 0 Å². The molecule has 0 spiro atoms. The Morgan fingerprint density at radius 3 is 3.00 bits per heavy atom. The third-order valence-electron chi connectivity index (χ3n) is 1.18. The number of rotatable bonds is 3. The lowest BCUT2D eigenvalue weighted by Crippen LogP contribution is -2.05. The van der Waals surface area contributed by atoms with Crippen LogP contribution < -0.4 is 4.74 Å². The fourth-order valence-corrected chi connectivity index (χ4v) is 0.899. The second kappa shape index (κ2) is 4.10. The molecule has 0 saturated carbocycles. The first-order chi connectivity index (χ1) is 6.16. The molecule has 1 rings (SSSR count). The van der Waals surface area contributed by atoms with Gasteiger partial charge in [0.15, 0.2) is 6.61 Å². The van der Waals surface area contributed by atoms with Gasteiger partial charge in [-0.15, -0.1) is 6.42 Å². The molecule has 1 aromatic rings. The molecule has 6 heteroatoms. The van der Waals surface area contributed by atoms with Crippen molar-refractivity contribution < 1.29 is 13.5 Å². The topological polar surface area (TPSA) is 27.1 Å². The van der Waals surface area contributed by atoms with E-state index in [9.17, 15) is 8.78 Å². The summed E-state index contributed by atoms with van der Waals surface area (Å²) in [6, 6.07) is 0. The molecule has 0 aliphatic rings. The predicted molar refractivity (Wildman–Crippen MR) is 42.8 cm³/mol. The number of ether oxygens (including phenoxy) is 1. The molecule has 0 aliphatic carbocycles. The van der Waals surface area contributed by atoms with Crippen molar-refractivity contribution in [2.75, 3.05) is 6.61 Å². The lowest BCUT2D eigenvalue weighted by molar-refractivity contribution is 0.0468. The van der Waals surface area contributed by atoms with E-state index in [-0.39, 0.29) is 17.5 Å². The van der Waals surface area contributed by atoms with Crippen LogP contribution in [0.5, 0.6) is 5.88 Å². The van der Waals surface area contributed by atoms with Gasteiger partial charge in [0.1, 0.15) is 5.02 Å². The van der Waals surface area contributed by atoms with E-state index in [1.54, 1.807) is 0 Å². The average Bonchev–Trinajstić information content (AvgIpc) is 2.43. The fourth-order valence-electron chi connectivity index (χ4n) is 0.714. The van der Waals surface area contributed by atoms with Crippen LogP contribution in [0.2, 0.25) is 5.02 Å². The third-order valence-corrected chi connectivity index (χ3v) is 1.44. The molecule has 1 heterocycles. The normalized spacial score (nSPS) is 10.1. The summed E-state index contributed by atoms with van der Waals surface area (Å²) < 4.78 is 29.5. The van der Waals surface area contributed by atoms with Crippen molar-refractivity contribution in [2.45, 2.75) is 6.55 Å². The quantitative estimate of drug-likeness (QED) is 0.707. The summed E-state index contributed by atoms with van der Waals surface area (Å²) in [5, 5.41) is 3.32. The Hall–Kier alpha value is -1.28. The minimum absolute atomic E-state index is 0.00977. The summed E-state index contributed by atoms with van der Waals surface area (Å²) in [5.74, 6) is 1.92. The Morgan fingerprint density at radius 2 is 2.46 bits per heavy atom. The molecule has 0 fully saturated rings. The molecular formula is C7H5ClF2N2O. The highest BCUT2D eigenvalue weighted by Crippen LogP contribution is 2.27. The van der Waals surface area contributed by atoms with Crippen LogP contribution in [0.4, 0.5) is 8.78 Å². The molecule has 0 bridgehead atoms. The first kappa shape index (κ1) is 9.81. The monoisotopic (exact) mass is 206 g/mol. The number of terminal acetylenes is 1. The standard InChI is InChI=1S/C7H5ClF2N2O/c1-2-3-13-6-5(8)4-11-12(6)7(9)10/h1,4,7H,3H2. The Kier molecular flexibility index (Phi) is 3.09. The lowest BCUT2D eigenvalue weighted by atomic mass is 10.6. The van der Waals surface area contributed by atoms with Gasteiger partial charge in [-0.3, -0.25) is 0 Å². The van der Waals surface area contributed by atoms with Gasteiger partial charge in [0.05, 0.1) is 6.20 Å². The molecule has 0 aromatic carbocycles. The maximum Gasteiger partial charge on any atom is 0.336 e. The van der Waals surface area contributed by atoms with Crippen molar-refractivity contribution in [2.24, 2.45) is 0 Å². The SMILES string of the molecule is C#CCOc1c(Cl)cnn1C(F)F. The molecule has 0 aliphatic heterocycles. The van der Waals surface area contributed by atoms with Gasteiger partial charge in [-0.1, -0.05) is 17.5 Å². The summed E-state index contributed by atoms with van der Waals surface area (Å²) in [4.78, 5) is 0. The molecule has 0 atom stereocenters. The van der Waals surface area contributed by atoms with Crippen molar-refractivity contribution in [1.29, 1.82) is 0 Å². The molecule has 0 saturated heterocycles. The zero-order valence-corrected chi connectivity index (χ0v) is 7.13. The van der Waals surface area contributed by atoms with E-state index in [1.165, 1.54) is 0 Å². The Bertz CT molecular complexity index is 332. The molecule has 1 aromatic heterocycles. The van der Waals surface area contributed by atoms with Crippen LogP contribution in [0.3, 0.4) is 0 Å². The van der Waals surface area contributed by atoms with E-state index >= 15 is 0 Å². The second-order valence-electron chi connectivity index (χ2n) is 2.01. The van der Waals surface area contributed by atoms with Crippen LogP contribution in [-0.2, 0) is 0 Å². The van der Waals surface area contributed by atoms with Gasteiger partial charge in [-0.05, 0) is 0 Å². The summed E-state index contributed by atoms with van der Waals surface area (Å²) in [5.41, 5.74) is 0. The fraction of sp³-hybridized carbons (Fsp3) is 0.286. The van der Waals surface area contributed by atoms with Gasteiger partial charge in [0, 0.05) is 0 Å². The maximum atomic E-state index is 12.2. The van der Waals surface area contributed by atoms with Crippen molar-refractivity contribution in [3.8, 4) is 18.2 Å². The van der Waals surface area contributed by atoms with Gasteiger partial charge in [0.2, 0.25) is 5.88 Å². The molecule has 0 amide bonds. The molecule has 70 valence electrons. The van der Waals surface area contributed by atoms with Gasteiger partial charge in [0.25, 0.3) is 0 Å². The zero-order valence-electron chi connectivity index (χ0n) is 6.38. The van der Waals surface area contributed by atoms with Crippen molar-refractivity contribution in [3.63, 3.8) is 0 Å².